The first-order chi connectivity index (χ1) is 9.79. The minimum Gasteiger partial charge on any atom is -0.307 e. The molecule has 0 amide bonds. The molecule has 0 spiro atoms. The van der Waals surface area contributed by atoms with Gasteiger partial charge in [0.05, 0.1) is 23.1 Å². The summed E-state index contributed by atoms with van der Waals surface area (Å²) in [4.78, 5) is 17.3. The Kier molecular flexibility index (Phi) is 2.64. The van der Waals surface area contributed by atoms with Crippen LogP contribution in [0.25, 0.3) is 21.5 Å². The summed E-state index contributed by atoms with van der Waals surface area (Å²) in [6.07, 6.45) is 5.04. The van der Waals surface area contributed by atoms with Crippen molar-refractivity contribution in [2.24, 2.45) is 0 Å². The Labute approximate surface area is 122 Å². The molecular formula is C13H8ClN5S. The summed E-state index contributed by atoms with van der Waals surface area (Å²) in [5.41, 5.74) is 2.34. The molecule has 4 rings (SSSR count). The molecule has 0 aliphatic rings. The van der Waals surface area contributed by atoms with Crippen LogP contribution >= 0.6 is 22.9 Å². The van der Waals surface area contributed by atoms with Crippen molar-refractivity contribution in [2.45, 2.75) is 6.54 Å². The highest BCUT2D eigenvalue weighted by Crippen LogP contribution is 2.25. The van der Waals surface area contributed by atoms with Crippen LogP contribution in [0.1, 0.15) is 5.01 Å². The lowest BCUT2D eigenvalue weighted by Gasteiger charge is -1.98. The molecule has 0 N–H and O–H groups in total. The molecule has 4 aromatic rings. The van der Waals surface area contributed by atoms with Crippen molar-refractivity contribution in [1.82, 2.24) is 24.5 Å². The van der Waals surface area contributed by atoms with E-state index in [1.54, 1.807) is 30.1 Å². The molecule has 0 saturated carbocycles. The topological polar surface area (TPSA) is 56.5 Å². The first-order valence-electron chi connectivity index (χ1n) is 5.96. The number of aromatic nitrogens is 5. The van der Waals surface area contributed by atoms with Gasteiger partial charge in [0.2, 0.25) is 0 Å². The Morgan fingerprint density at radius 1 is 1.15 bits per heavy atom. The van der Waals surface area contributed by atoms with E-state index in [0.29, 0.717) is 17.2 Å². The van der Waals surface area contributed by atoms with E-state index in [4.69, 9.17) is 11.6 Å². The zero-order valence-corrected chi connectivity index (χ0v) is 11.8. The van der Waals surface area contributed by atoms with E-state index in [1.807, 2.05) is 22.8 Å². The molecule has 20 heavy (non-hydrogen) atoms. The van der Waals surface area contributed by atoms with Crippen molar-refractivity contribution in [3.63, 3.8) is 0 Å². The normalized spacial score (nSPS) is 11.4. The molecule has 0 saturated heterocycles. The summed E-state index contributed by atoms with van der Waals surface area (Å²) in [6.45, 7) is 0.631. The molecule has 3 aromatic heterocycles. The molecule has 98 valence electrons. The maximum atomic E-state index is 5.98. The molecule has 0 atom stereocenters. The zero-order chi connectivity index (χ0) is 13.5. The van der Waals surface area contributed by atoms with Gasteiger partial charge in [-0.05, 0) is 18.2 Å². The van der Waals surface area contributed by atoms with E-state index in [0.717, 1.165) is 20.9 Å². The van der Waals surface area contributed by atoms with Crippen molar-refractivity contribution in [3.8, 4) is 0 Å². The fraction of sp³-hybridized carbons (Fsp3) is 0.0769. The van der Waals surface area contributed by atoms with Gasteiger partial charge in [-0.2, -0.15) is 0 Å². The van der Waals surface area contributed by atoms with Crippen LogP contribution in [0.2, 0.25) is 5.02 Å². The van der Waals surface area contributed by atoms with Crippen molar-refractivity contribution >= 4 is 44.4 Å². The zero-order valence-electron chi connectivity index (χ0n) is 10.2. The number of thiazole rings is 1. The fourth-order valence-corrected chi connectivity index (χ4v) is 3.19. The molecule has 0 bridgehead atoms. The first-order valence-corrected chi connectivity index (χ1v) is 7.16. The molecular weight excluding hydrogens is 294 g/mol. The minimum atomic E-state index is 0.631. The third kappa shape index (κ3) is 1.93. The number of halogens is 1. The molecule has 3 heterocycles. The maximum Gasteiger partial charge on any atom is 0.197 e. The Balaban J connectivity index is 1.76. The largest absolute Gasteiger partial charge is 0.307 e. The van der Waals surface area contributed by atoms with Crippen LogP contribution in [-0.4, -0.2) is 24.5 Å². The highest BCUT2D eigenvalue weighted by Gasteiger charge is 2.08. The summed E-state index contributed by atoms with van der Waals surface area (Å²) in [5, 5.41) is 1.69. The molecule has 0 aliphatic carbocycles. The molecule has 1 aromatic carbocycles. The SMILES string of the molecule is Clc1ccc2sc(Cn3cnc4nccnc43)nc2c1. The summed E-state index contributed by atoms with van der Waals surface area (Å²) in [6, 6.07) is 5.75. The van der Waals surface area contributed by atoms with Gasteiger partial charge in [0.1, 0.15) is 5.01 Å². The predicted molar refractivity (Wildman–Crippen MR) is 79.1 cm³/mol. The van der Waals surface area contributed by atoms with E-state index < -0.39 is 0 Å². The Morgan fingerprint density at radius 3 is 3.00 bits per heavy atom. The summed E-state index contributed by atoms with van der Waals surface area (Å²) in [7, 11) is 0. The van der Waals surface area contributed by atoms with Crippen LogP contribution in [0.3, 0.4) is 0 Å². The maximum absolute atomic E-state index is 5.98. The Hall–Kier alpha value is -2.05. The highest BCUT2D eigenvalue weighted by molar-refractivity contribution is 7.18. The highest BCUT2D eigenvalue weighted by atomic mass is 35.5. The van der Waals surface area contributed by atoms with Gasteiger partial charge in [-0.1, -0.05) is 11.6 Å². The van der Waals surface area contributed by atoms with Crippen LogP contribution in [0, 0.1) is 0 Å². The Bertz CT molecular complexity index is 913. The predicted octanol–water partition coefficient (Wildman–Crippen LogP) is 3.14. The van der Waals surface area contributed by atoms with Crippen molar-refractivity contribution < 1.29 is 0 Å². The number of rotatable bonds is 2. The van der Waals surface area contributed by atoms with Crippen LogP contribution in [-0.2, 0) is 6.54 Å². The van der Waals surface area contributed by atoms with Gasteiger partial charge in [-0.3, -0.25) is 0 Å². The van der Waals surface area contributed by atoms with Gasteiger partial charge in [-0.15, -0.1) is 11.3 Å². The quantitative estimate of drug-likeness (QED) is 0.571. The molecule has 0 aliphatic heterocycles. The van der Waals surface area contributed by atoms with E-state index in [2.05, 4.69) is 19.9 Å². The number of imidazole rings is 1. The van der Waals surface area contributed by atoms with Gasteiger partial charge in [-0.25, -0.2) is 19.9 Å². The fourth-order valence-electron chi connectivity index (χ4n) is 2.07. The van der Waals surface area contributed by atoms with Crippen LogP contribution in [0.15, 0.2) is 36.9 Å². The van der Waals surface area contributed by atoms with E-state index in [-0.39, 0.29) is 0 Å². The second-order valence-corrected chi connectivity index (χ2v) is 5.85. The second-order valence-electron chi connectivity index (χ2n) is 4.30. The van der Waals surface area contributed by atoms with Crippen molar-refractivity contribution in [3.05, 3.63) is 47.0 Å². The number of hydrogen-bond acceptors (Lipinski definition) is 5. The van der Waals surface area contributed by atoms with Crippen molar-refractivity contribution in [1.29, 1.82) is 0 Å². The summed E-state index contributed by atoms with van der Waals surface area (Å²) >= 11 is 7.63. The number of benzene rings is 1. The average Bonchev–Trinajstić information content (AvgIpc) is 3.03. The van der Waals surface area contributed by atoms with E-state index in [1.165, 1.54) is 0 Å². The minimum absolute atomic E-state index is 0.631. The standard InChI is InChI=1S/C13H8ClN5S/c14-8-1-2-10-9(5-8)18-11(20-10)6-19-7-17-12-13(19)16-4-3-15-12/h1-5,7H,6H2. The number of hydrogen-bond donors (Lipinski definition) is 0. The molecule has 0 radical (unpaired) electrons. The monoisotopic (exact) mass is 301 g/mol. The third-order valence-electron chi connectivity index (χ3n) is 2.95. The molecule has 0 fully saturated rings. The van der Waals surface area contributed by atoms with Crippen LogP contribution in [0.5, 0.6) is 0 Å². The molecule has 0 unspecified atom stereocenters. The van der Waals surface area contributed by atoms with E-state index >= 15 is 0 Å². The van der Waals surface area contributed by atoms with Gasteiger partial charge in [0.25, 0.3) is 0 Å². The molecule has 7 heteroatoms. The number of nitrogens with zero attached hydrogens (tertiary/aromatic N) is 5. The van der Waals surface area contributed by atoms with Crippen molar-refractivity contribution in [2.75, 3.05) is 0 Å². The van der Waals surface area contributed by atoms with Crippen LogP contribution in [0.4, 0.5) is 0 Å². The number of fused-ring (bicyclic) bond motifs is 2. The summed E-state index contributed by atoms with van der Waals surface area (Å²) in [5.74, 6) is 0. The third-order valence-corrected chi connectivity index (χ3v) is 4.21. The first kappa shape index (κ1) is 11.7. The van der Waals surface area contributed by atoms with Gasteiger partial charge in [0, 0.05) is 17.4 Å². The lowest BCUT2D eigenvalue weighted by Crippen LogP contribution is -1.98. The lowest BCUT2D eigenvalue weighted by atomic mass is 10.3. The Morgan fingerprint density at radius 2 is 2.05 bits per heavy atom. The van der Waals surface area contributed by atoms with Gasteiger partial charge < -0.3 is 4.57 Å². The summed E-state index contributed by atoms with van der Waals surface area (Å²) < 4.78 is 3.07. The van der Waals surface area contributed by atoms with Gasteiger partial charge >= 0.3 is 0 Å². The van der Waals surface area contributed by atoms with E-state index in [9.17, 15) is 0 Å². The molecule has 5 nitrogen and oxygen atoms in total. The van der Waals surface area contributed by atoms with Crippen LogP contribution < -0.4 is 0 Å². The lowest BCUT2D eigenvalue weighted by molar-refractivity contribution is 0.809. The van der Waals surface area contributed by atoms with Gasteiger partial charge in [0.15, 0.2) is 11.3 Å². The second kappa shape index (κ2) is 4.50. The average molecular weight is 302 g/mol. The smallest absolute Gasteiger partial charge is 0.197 e.